The van der Waals surface area contributed by atoms with E-state index < -0.39 is 0 Å². The van der Waals surface area contributed by atoms with Crippen molar-refractivity contribution in [3.05, 3.63) is 34.6 Å². The van der Waals surface area contributed by atoms with Crippen molar-refractivity contribution in [2.45, 2.75) is 50.7 Å². The zero-order valence-electron chi connectivity index (χ0n) is 11.7. The molecule has 1 aliphatic carbocycles. The average molecular weight is 297 g/mol. The predicted molar refractivity (Wildman–Crippen MR) is 80.5 cm³/mol. The first-order chi connectivity index (χ1) is 9.72. The van der Waals surface area contributed by atoms with Crippen molar-refractivity contribution in [3.63, 3.8) is 0 Å². The Labute approximate surface area is 125 Å². The van der Waals surface area contributed by atoms with Crippen molar-refractivity contribution in [2.24, 2.45) is 0 Å². The lowest BCUT2D eigenvalue weighted by Crippen LogP contribution is -2.45. The number of nitrogens with one attached hydrogen (secondary N) is 1. The van der Waals surface area contributed by atoms with Crippen LogP contribution in [0.3, 0.4) is 0 Å². The molecular formula is C16H22ClFN2. The highest BCUT2D eigenvalue weighted by atomic mass is 35.5. The van der Waals surface area contributed by atoms with Crippen molar-refractivity contribution in [2.75, 3.05) is 13.1 Å². The topological polar surface area (TPSA) is 15.3 Å². The van der Waals surface area contributed by atoms with Crippen molar-refractivity contribution in [3.8, 4) is 0 Å². The highest BCUT2D eigenvalue weighted by Crippen LogP contribution is 2.24. The summed E-state index contributed by atoms with van der Waals surface area (Å²) in [6.45, 7) is 2.76. The molecule has 110 valence electrons. The van der Waals surface area contributed by atoms with Crippen LogP contribution in [-0.2, 0) is 6.54 Å². The summed E-state index contributed by atoms with van der Waals surface area (Å²) in [6, 6.07) is 6.11. The van der Waals surface area contributed by atoms with Crippen LogP contribution in [0.25, 0.3) is 0 Å². The van der Waals surface area contributed by atoms with Crippen LogP contribution in [0.2, 0.25) is 5.02 Å². The van der Waals surface area contributed by atoms with E-state index in [2.05, 4.69) is 10.2 Å². The van der Waals surface area contributed by atoms with Crippen LogP contribution in [0.5, 0.6) is 0 Å². The Kier molecular flexibility index (Phi) is 4.59. The molecule has 0 aromatic heterocycles. The molecule has 20 heavy (non-hydrogen) atoms. The van der Waals surface area contributed by atoms with Gasteiger partial charge in [0.25, 0.3) is 0 Å². The molecule has 0 bridgehead atoms. The van der Waals surface area contributed by atoms with Gasteiger partial charge in [0.1, 0.15) is 5.82 Å². The Morgan fingerprint density at radius 1 is 1.25 bits per heavy atom. The molecule has 1 atom stereocenters. The van der Waals surface area contributed by atoms with Gasteiger partial charge in [-0.15, -0.1) is 0 Å². The molecule has 0 amide bonds. The summed E-state index contributed by atoms with van der Waals surface area (Å²) >= 11 is 5.98. The van der Waals surface area contributed by atoms with Crippen LogP contribution in [0.15, 0.2) is 18.2 Å². The minimum absolute atomic E-state index is 0.145. The summed E-state index contributed by atoms with van der Waals surface area (Å²) in [5, 5.41) is 4.22. The van der Waals surface area contributed by atoms with Gasteiger partial charge in [0.15, 0.2) is 0 Å². The maximum atomic E-state index is 13.9. The first-order valence-electron chi connectivity index (χ1n) is 7.64. The normalized spacial score (nSPS) is 24.0. The molecule has 1 heterocycles. The fourth-order valence-corrected chi connectivity index (χ4v) is 3.17. The fraction of sp³-hybridized carbons (Fsp3) is 0.625. The summed E-state index contributed by atoms with van der Waals surface area (Å²) in [5.41, 5.74) is 0.718. The van der Waals surface area contributed by atoms with Crippen molar-refractivity contribution in [1.82, 2.24) is 10.2 Å². The largest absolute Gasteiger partial charge is 0.312 e. The van der Waals surface area contributed by atoms with Gasteiger partial charge in [0.2, 0.25) is 0 Å². The van der Waals surface area contributed by atoms with Gasteiger partial charge in [0.05, 0.1) is 0 Å². The second-order valence-electron chi connectivity index (χ2n) is 6.04. The molecule has 1 aromatic rings. The first kappa shape index (κ1) is 14.3. The number of hydrogen-bond acceptors (Lipinski definition) is 2. The number of rotatable bonds is 5. The van der Waals surface area contributed by atoms with Crippen LogP contribution in [-0.4, -0.2) is 30.1 Å². The van der Waals surface area contributed by atoms with Gasteiger partial charge < -0.3 is 5.32 Å². The summed E-state index contributed by atoms with van der Waals surface area (Å²) in [6.07, 6.45) is 6.33. The first-order valence-corrected chi connectivity index (χ1v) is 8.01. The minimum Gasteiger partial charge on any atom is -0.312 e. The van der Waals surface area contributed by atoms with Crippen LogP contribution in [0, 0.1) is 5.82 Å². The molecule has 1 N–H and O–H groups in total. The van der Waals surface area contributed by atoms with Gasteiger partial charge in [0, 0.05) is 35.8 Å². The highest BCUT2D eigenvalue weighted by molar-refractivity contribution is 6.30. The van der Waals surface area contributed by atoms with E-state index in [9.17, 15) is 4.39 Å². The highest BCUT2D eigenvalue weighted by Gasteiger charge is 2.26. The molecule has 1 aromatic carbocycles. The molecule has 1 saturated carbocycles. The number of likely N-dealkylation sites (tertiary alicyclic amines) is 1. The maximum absolute atomic E-state index is 13.9. The van der Waals surface area contributed by atoms with Crippen LogP contribution in [0.4, 0.5) is 4.39 Å². The fourth-order valence-electron chi connectivity index (χ4n) is 2.97. The van der Waals surface area contributed by atoms with Crippen LogP contribution in [0.1, 0.15) is 37.7 Å². The number of benzene rings is 1. The Morgan fingerprint density at radius 2 is 2.10 bits per heavy atom. The Balaban J connectivity index is 1.64. The molecule has 0 radical (unpaired) electrons. The van der Waals surface area contributed by atoms with Crippen molar-refractivity contribution in [1.29, 1.82) is 0 Å². The van der Waals surface area contributed by atoms with Gasteiger partial charge in [-0.3, -0.25) is 4.90 Å². The Bertz CT molecular complexity index is 462. The van der Waals surface area contributed by atoms with Crippen LogP contribution >= 0.6 is 11.6 Å². The molecule has 1 unspecified atom stereocenters. The van der Waals surface area contributed by atoms with E-state index in [0.717, 1.165) is 24.7 Å². The number of nitrogens with zero attached hydrogens (tertiary/aromatic N) is 1. The number of piperidine rings is 1. The average Bonchev–Trinajstić information content (AvgIpc) is 3.26. The standard InChI is InChI=1S/C16H22ClFN2/c17-13-4-7-16(18)12(9-13)11-20-8-2-1-3-15(20)10-19-14-5-6-14/h4,7,9,14-15,19H,1-3,5-6,8,10-11H2. The van der Waals surface area contributed by atoms with E-state index in [1.807, 2.05) is 0 Å². The van der Waals surface area contributed by atoms with Crippen molar-refractivity contribution < 1.29 is 4.39 Å². The van der Waals surface area contributed by atoms with E-state index in [1.165, 1.54) is 38.2 Å². The lowest BCUT2D eigenvalue weighted by molar-refractivity contribution is 0.135. The zero-order valence-corrected chi connectivity index (χ0v) is 12.5. The van der Waals surface area contributed by atoms with E-state index >= 15 is 0 Å². The van der Waals surface area contributed by atoms with Gasteiger partial charge in [-0.25, -0.2) is 4.39 Å². The molecule has 2 aliphatic rings. The SMILES string of the molecule is Fc1ccc(Cl)cc1CN1CCCCC1CNC1CC1. The molecular weight excluding hydrogens is 275 g/mol. The Hall–Kier alpha value is -0.640. The molecule has 4 heteroatoms. The lowest BCUT2D eigenvalue weighted by Gasteiger charge is -2.36. The predicted octanol–water partition coefficient (Wildman–Crippen LogP) is 3.59. The summed E-state index contributed by atoms with van der Waals surface area (Å²) in [4.78, 5) is 2.41. The van der Waals surface area contributed by atoms with Gasteiger partial charge in [-0.05, 0) is 50.4 Å². The summed E-state index contributed by atoms with van der Waals surface area (Å²) in [7, 11) is 0. The summed E-state index contributed by atoms with van der Waals surface area (Å²) < 4.78 is 13.9. The zero-order chi connectivity index (χ0) is 13.9. The minimum atomic E-state index is -0.145. The van der Waals surface area contributed by atoms with Gasteiger partial charge in [-0.1, -0.05) is 18.0 Å². The molecule has 3 rings (SSSR count). The molecule has 1 saturated heterocycles. The van der Waals surface area contributed by atoms with E-state index in [1.54, 1.807) is 12.1 Å². The van der Waals surface area contributed by atoms with Crippen LogP contribution < -0.4 is 5.32 Å². The quantitative estimate of drug-likeness (QED) is 0.893. The van der Waals surface area contributed by atoms with Gasteiger partial charge >= 0.3 is 0 Å². The molecule has 2 fully saturated rings. The van der Waals surface area contributed by atoms with Gasteiger partial charge in [-0.2, -0.15) is 0 Å². The van der Waals surface area contributed by atoms with E-state index in [0.29, 0.717) is 17.6 Å². The number of halogens is 2. The molecule has 2 nitrogen and oxygen atoms in total. The molecule has 0 spiro atoms. The smallest absolute Gasteiger partial charge is 0.127 e. The lowest BCUT2D eigenvalue weighted by atomic mass is 10.0. The second kappa shape index (κ2) is 6.42. The second-order valence-corrected chi connectivity index (χ2v) is 6.47. The monoisotopic (exact) mass is 296 g/mol. The third kappa shape index (κ3) is 3.72. The Morgan fingerprint density at radius 3 is 2.90 bits per heavy atom. The third-order valence-corrected chi connectivity index (χ3v) is 4.58. The maximum Gasteiger partial charge on any atom is 0.127 e. The van der Waals surface area contributed by atoms with E-state index in [-0.39, 0.29) is 5.82 Å². The summed E-state index contributed by atoms with van der Waals surface area (Å²) in [5.74, 6) is -0.145. The van der Waals surface area contributed by atoms with E-state index in [4.69, 9.17) is 11.6 Å². The third-order valence-electron chi connectivity index (χ3n) is 4.35. The molecule has 1 aliphatic heterocycles. The van der Waals surface area contributed by atoms with Crippen molar-refractivity contribution >= 4 is 11.6 Å². The number of hydrogen-bond donors (Lipinski definition) is 1.